The molecule has 152 valence electrons. The van der Waals surface area contributed by atoms with E-state index in [1.807, 2.05) is 30.3 Å². The van der Waals surface area contributed by atoms with Gasteiger partial charge in [0.25, 0.3) is 0 Å². The summed E-state index contributed by atoms with van der Waals surface area (Å²) in [4.78, 5) is 6.19. The Balaban J connectivity index is 1.65. The highest BCUT2D eigenvalue weighted by Crippen LogP contribution is 2.38. The molecule has 0 radical (unpaired) electrons. The smallest absolute Gasteiger partial charge is 0.170 e. The molecule has 0 aliphatic heterocycles. The molecule has 1 N–H and O–H groups in total. The summed E-state index contributed by atoms with van der Waals surface area (Å²) >= 11 is 1.62. The standard InChI is InChI=1S/C23H26N2O3S/c1-5-13-28-19-11-9-17(10-12-19)14-25(2)15-18-16-29-23(24-18)20-7-6-8-21(26-3)22(20)27-4/h5-12,16H,1,13-15H2,2-4H3/p+1. The van der Waals surface area contributed by atoms with E-state index in [0.717, 1.165) is 40.9 Å². The van der Waals surface area contributed by atoms with Crippen LogP contribution in [0.25, 0.3) is 10.6 Å². The zero-order valence-electron chi connectivity index (χ0n) is 17.1. The average molecular weight is 412 g/mol. The molecule has 29 heavy (non-hydrogen) atoms. The van der Waals surface area contributed by atoms with E-state index in [1.54, 1.807) is 31.6 Å². The number of rotatable bonds is 10. The number of hydrogen-bond acceptors (Lipinski definition) is 5. The summed E-state index contributed by atoms with van der Waals surface area (Å²) < 4.78 is 16.5. The van der Waals surface area contributed by atoms with E-state index in [0.29, 0.717) is 12.4 Å². The number of ether oxygens (including phenoxy) is 3. The second-order valence-electron chi connectivity index (χ2n) is 6.74. The number of para-hydroxylation sites is 1. The number of quaternary nitrogens is 1. The van der Waals surface area contributed by atoms with E-state index < -0.39 is 0 Å². The van der Waals surface area contributed by atoms with Crippen LogP contribution in [0, 0.1) is 0 Å². The Kier molecular flexibility index (Phi) is 7.27. The first-order valence-corrected chi connectivity index (χ1v) is 10.3. The van der Waals surface area contributed by atoms with Crippen LogP contribution in [0.15, 0.2) is 60.5 Å². The van der Waals surface area contributed by atoms with Crippen molar-refractivity contribution >= 4 is 11.3 Å². The van der Waals surface area contributed by atoms with Gasteiger partial charge in [-0.1, -0.05) is 18.7 Å². The van der Waals surface area contributed by atoms with Crippen LogP contribution in [-0.4, -0.2) is 32.9 Å². The molecule has 2 aromatic carbocycles. The minimum atomic E-state index is 0.523. The van der Waals surface area contributed by atoms with Gasteiger partial charge in [-0.15, -0.1) is 11.3 Å². The molecule has 0 aliphatic rings. The van der Waals surface area contributed by atoms with Gasteiger partial charge in [-0.05, 0) is 36.4 Å². The van der Waals surface area contributed by atoms with Gasteiger partial charge in [0.05, 0.1) is 26.8 Å². The van der Waals surface area contributed by atoms with E-state index in [9.17, 15) is 0 Å². The summed E-state index contributed by atoms with van der Waals surface area (Å²) in [6.45, 7) is 5.95. The van der Waals surface area contributed by atoms with Gasteiger partial charge in [0.2, 0.25) is 0 Å². The molecule has 3 rings (SSSR count). The molecule has 1 heterocycles. The highest BCUT2D eigenvalue weighted by molar-refractivity contribution is 7.13. The third-order valence-corrected chi connectivity index (χ3v) is 5.39. The molecule has 1 atom stereocenters. The van der Waals surface area contributed by atoms with Crippen molar-refractivity contribution in [3.63, 3.8) is 0 Å². The molecule has 0 bridgehead atoms. The van der Waals surface area contributed by atoms with Crippen molar-refractivity contribution in [1.29, 1.82) is 0 Å². The SMILES string of the molecule is C=CCOc1ccc(C[NH+](C)Cc2csc(-c3cccc(OC)c3OC)n2)cc1. The van der Waals surface area contributed by atoms with Crippen LogP contribution in [-0.2, 0) is 13.1 Å². The first-order chi connectivity index (χ1) is 14.1. The van der Waals surface area contributed by atoms with Gasteiger partial charge < -0.3 is 19.1 Å². The fourth-order valence-corrected chi connectivity index (χ4v) is 3.99. The number of hydrogen-bond donors (Lipinski definition) is 1. The predicted molar refractivity (Wildman–Crippen MR) is 117 cm³/mol. The summed E-state index contributed by atoms with van der Waals surface area (Å²) in [5, 5.41) is 3.05. The van der Waals surface area contributed by atoms with Crippen LogP contribution in [0.1, 0.15) is 11.3 Å². The number of methoxy groups -OCH3 is 2. The first-order valence-electron chi connectivity index (χ1n) is 9.44. The number of nitrogens with zero attached hydrogens (tertiary/aromatic N) is 1. The van der Waals surface area contributed by atoms with Crippen LogP contribution in [0.3, 0.4) is 0 Å². The van der Waals surface area contributed by atoms with Crippen LogP contribution < -0.4 is 19.1 Å². The maximum Gasteiger partial charge on any atom is 0.170 e. The Hall–Kier alpha value is -2.83. The molecule has 0 spiro atoms. The highest BCUT2D eigenvalue weighted by Gasteiger charge is 2.16. The van der Waals surface area contributed by atoms with Crippen molar-refractivity contribution in [3.8, 4) is 27.8 Å². The predicted octanol–water partition coefficient (Wildman–Crippen LogP) is 3.61. The summed E-state index contributed by atoms with van der Waals surface area (Å²) in [7, 11) is 5.47. The highest BCUT2D eigenvalue weighted by atomic mass is 32.1. The van der Waals surface area contributed by atoms with Gasteiger partial charge >= 0.3 is 0 Å². The quantitative estimate of drug-likeness (QED) is 0.518. The topological polar surface area (TPSA) is 45.0 Å². The molecular formula is C23H27N2O3S+. The Bertz CT molecular complexity index is 938. The van der Waals surface area contributed by atoms with Crippen molar-refractivity contribution < 1.29 is 19.1 Å². The van der Waals surface area contributed by atoms with Gasteiger partial charge in [-0.2, -0.15) is 0 Å². The second kappa shape index (κ2) is 10.1. The fourth-order valence-electron chi connectivity index (χ4n) is 3.15. The van der Waals surface area contributed by atoms with Gasteiger partial charge in [0.15, 0.2) is 11.5 Å². The molecule has 3 aromatic rings. The zero-order chi connectivity index (χ0) is 20.6. The van der Waals surface area contributed by atoms with Crippen molar-refractivity contribution in [1.82, 2.24) is 4.98 Å². The Labute approximate surface area is 176 Å². The van der Waals surface area contributed by atoms with Crippen molar-refractivity contribution in [3.05, 3.63) is 71.8 Å². The van der Waals surface area contributed by atoms with Crippen LogP contribution >= 0.6 is 11.3 Å². The molecule has 0 amide bonds. The van der Waals surface area contributed by atoms with Gasteiger partial charge in [-0.25, -0.2) is 4.98 Å². The summed E-state index contributed by atoms with van der Waals surface area (Å²) in [5.41, 5.74) is 3.28. The maximum atomic E-state index is 5.55. The van der Waals surface area contributed by atoms with Gasteiger partial charge in [-0.3, -0.25) is 0 Å². The molecule has 5 nitrogen and oxygen atoms in total. The minimum absolute atomic E-state index is 0.523. The van der Waals surface area contributed by atoms with Gasteiger partial charge in [0, 0.05) is 10.9 Å². The maximum absolute atomic E-state index is 5.55. The lowest BCUT2D eigenvalue weighted by Gasteiger charge is -2.13. The zero-order valence-corrected chi connectivity index (χ0v) is 17.9. The summed E-state index contributed by atoms with van der Waals surface area (Å²) in [5.74, 6) is 2.29. The average Bonchev–Trinajstić information content (AvgIpc) is 3.20. The molecule has 0 aliphatic carbocycles. The summed E-state index contributed by atoms with van der Waals surface area (Å²) in [6.07, 6.45) is 1.75. The van der Waals surface area contributed by atoms with Crippen LogP contribution in [0.2, 0.25) is 0 Å². The van der Waals surface area contributed by atoms with E-state index >= 15 is 0 Å². The van der Waals surface area contributed by atoms with E-state index in [4.69, 9.17) is 19.2 Å². The molecule has 1 unspecified atom stereocenters. The molecule has 6 heteroatoms. The Morgan fingerprint density at radius 3 is 2.55 bits per heavy atom. The summed E-state index contributed by atoms with van der Waals surface area (Å²) in [6, 6.07) is 14.1. The number of thiazole rings is 1. The number of benzene rings is 2. The number of nitrogens with one attached hydrogen (secondary N) is 1. The lowest BCUT2D eigenvalue weighted by atomic mass is 10.2. The van der Waals surface area contributed by atoms with Gasteiger partial charge in [0.1, 0.15) is 36.1 Å². The second-order valence-corrected chi connectivity index (χ2v) is 7.60. The molecule has 0 saturated carbocycles. The molecule has 0 fully saturated rings. The normalized spacial score (nSPS) is 11.7. The Morgan fingerprint density at radius 2 is 1.86 bits per heavy atom. The van der Waals surface area contributed by atoms with E-state index in [-0.39, 0.29) is 0 Å². The molecular weight excluding hydrogens is 384 g/mol. The lowest BCUT2D eigenvalue weighted by molar-refractivity contribution is -0.908. The molecule has 0 saturated heterocycles. The first kappa shape index (κ1) is 20.9. The van der Waals surface area contributed by atoms with Crippen LogP contribution in [0.4, 0.5) is 0 Å². The third-order valence-electron chi connectivity index (χ3n) is 4.47. The third kappa shape index (κ3) is 5.37. The molecule has 1 aromatic heterocycles. The lowest BCUT2D eigenvalue weighted by Crippen LogP contribution is -3.06. The number of aromatic nitrogens is 1. The van der Waals surface area contributed by atoms with Crippen molar-refractivity contribution in [2.45, 2.75) is 13.1 Å². The van der Waals surface area contributed by atoms with E-state index in [2.05, 4.69) is 31.1 Å². The fraction of sp³-hybridized carbons (Fsp3) is 0.261. The van der Waals surface area contributed by atoms with Crippen LogP contribution in [0.5, 0.6) is 17.2 Å². The van der Waals surface area contributed by atoms with Crippen molar-refractivity contribution in [2.75, 3.05) is 27.9 Å². The largest absolute Gasteiger partial charge is 0.493 e. The monoisotopic (exact) mass is 411 g/mol. The van der Waals surface area contributed by atoms with E-state index in [1.165, 1.54) is 10.5 Å². The van der Waals surface area contributed by atoms with Crippen molar-refractivity contribution in [2.24, 2.45) is 0 Å². The minimum Gasteiger partial charge on any atom is -0.493 e. The Morgan fingerprint density at radius 1 is 1.07 bits per heavy atom.